The molecule has 0 saturated heterocycles. The number of fused-ring (bicyclic) bond motifs is 3. The average molecular weight is 355 g/mol. The summed E-state index contributed by atoms with van der Waals surface area (Å²) in [4.78, 5) is 27.7. The first-order valence-electron chi connectivity index (χ1n) is 8.01. The second kappa shape index (κ2) is 5.79. The first-order chi connectivity index (χ1) is 12.0. The Bertz CT molecular complexity index is 945. The Balaban J connectivity index is 1.96. The van der Waals surface area contributed by atoms with E-state index in [2.05, 4.69) is 15.4 Å². The highest BCUT2D eigenvalue weighted by molar-refractivity contribution is 7.17. The number of likely N-dealkylation sites (N-methyl/N-ethyl adjacent to an activating group) is 1. The van der Waals surface area contributed by atoms with Crippen LogP contribution in [0.4, 0.5) is 5.69 Å². The normalized spacial score (nSPS) is 18.2. The van der Waals surface area contributed by atoms with Crippen LogP contribution in [-0.2, 0) is 17.8 Å². The van der Waals surface area contributed by atoms with Crippen molar-refractivity contribution in [1.29, 1.82) is 0 Å². The largest absolute Gasteiger partial charge is 0.410 e. The van der Waals surface area contributed by atoms with Crippen LogP contribution in [0.25, 0.3) is 10.4 Å². The molecule has 2 N–H and O–H groups in total. The first kappa shape index (κ1) is 16.0. The third kappa shape index (κ3) is 2.47. The zero-order valence-electron chi connectivity index (χ0n) is 13.9. The van der Waals surface area contributed by atoms with E-state index in [0.29, 0.717) is 10.4 Å². The summed E-state index contributed by atoms with van der Waals surface area (Å²) in [6.07, 6.45) is 0.864. The molecular formula is C18H17N3O3S. The fourth-order valence-corrected chi connectivity index (χ4v) is 4.45. The fourth-order valence-electron chi connectivity index (χ4n) is 3.51. The lowest BCUT2D eigenvalue weighted by Crippen LogP contribution is -2.27. The third-order valence-electron chi connectivity index (χ3n) is 4.75. The van der Waals surface area contributed by atoms with E-state index in [-0.39, 0.29) is 17.4 Å². The number of amides is 1. The molecule has 4 rings (SSSR count). The predicted octanol–water partition coefficient (Wildman–Crippen LogP) is 2.74. The lowest BCUT2D eigenvalue weighted by Gasteiger charge is -2.28. The van der Waals surface area contributed by atoms with E-state index < -0.39 is 0 Å². The zero-order valence-corrected chi connectivity index (χ0v) is 14.7. The van der Waals surface area contributed by atoms with Crippen LogP contribution < -0.4 is 5.32 Å². The number of thiophene rings is 1. The van der Waals surface area contributed by atoms with Gasteiger partial charge in [-0.25, -0.2) is 0 Å². The number of hydrogen-bond donors (Lipinski definition) is 2. The van der Waals surface area contributed by atoms with Gasteiger partial charge in [0.15, 0.2) is 11.5 Å². The number of Topliss-reactive ketones (excluding diaryl/α,β-unsaturated/α-hetero) is 1. The van der Waals surface area contributed by atoms with Gasteiger partial charge in [0, 0.05) is 23.5 Å². The maximum atomic E-state index is 12.1. The van der Waals surface area contributed by atoms with Crippen LogP contribution in [0.2, 0.25) is 0 Å². The van der Waals surface area contributed by atoms with Crippen LogP contribution in [0.5, 0.6) is 0 Å². The molecule has 1 amide bonds. The number of carbonyl (C=O) groups is 2. The number of ketones is 1. The molecule has 2 aliphatic rings. The van der Waals surface area contributed by atoms with Gasteiger partial charge in [-0.15, -0.1) is 11.3 Å². The minimum absolute atomic E-state index is 0.0376. The molecule has 0 radical (unpaired) electrons. The second-order valence-electron chi connectivity index (χ2n) is 6.41. The quantitative estimate of drug-likeness (QED) is 0.493. The lowest BCUT2D eigenvalue weighted by molar-refractivity contribution is -0.110. The molecule has 1 aromatic heterocycles. The molecule has 1 aromatic carbocycles. The van der Waals surface area contributed by atoms with Gasteiger partial charge in [0.1, 0.15) is 0 Å². The zero-order chi connectivity index (χ0) is 17.7. The van der Waals surface area contributed by atoms with E-state index in [0.717, 1.165) is 41.2 Å². The van der Waals surface area contributed by atoms with Gasteiger partial charge in [-0.1, -0.05) is 5.16 Å². The van der Waals surface area contributed by atoms with Crippen LogP contribution in [0.15, 0.2) is 23.4 Å². The summed E-state index contributed by atoms with van der Waals surface area (Å²) in [7, 11) is 2.04. The van der Waals surface area contributed by atoms with Crippen molar-refractivity contribution in [2.24, 2.45) is 5.16 Å². The van der Waals surface area contributed by atoms with Crippen LogP contribution in [0, 0.1) is 0 Å². The van der Waals surface area contributed by atoms with E-state index in [1.807, 2.05) is 25.2 Å². The highest BCUT2D eigenvalue weighted by Crippen LogP contribution is 2.41. The summed E-state index contributed by atoms with van der Waals surface area (Å²) in [5.74, 6) is -0.346. The Labute approximate surface area is 148 Å². The number of hydrogen-bond acceptors (Lipinski definition) is 6. The van der Waals surface area contributed by atoms with E-state index in [1.54, 1.807) is 6.92 Å². The number of rotatable bonds is 2. The molecule has 0 spiro atoms. The van der Waals surface area contributed by atoms with Crippen molar-refractivity contribution < 1.29 is 14.8 Å². The predicted molar refractivity (Wildman–Crippen MR) is 96.8 cm³/mol. The summed E-state index contributed by atoms with van der Waals surface area (Å²) in [5, 5.41) is 15.3. The van der Waals surface area contributed by atoms with Crippen molar-refractivity contribution in [3.05, 3.63) is 39.8 Å². The number of anilines is 1. The van der Waals surface area contributed by atoms with Gasteiger partial charge in [0.05, 0.1) is 10.6 Å². The van der Waals surface area contributed by atoms with Gasteiger partial charge in [-0.2, -0.15) is 0 Å². The van der Waals surface area contributed by atoms with Gasteiger partial charge in [0.25, 0.3) is 5.91 Å². The van der Waals surface area contributed by atoms with Crippen molar-refractivity contribution in [3.63, 3.8) is 0 Å². The molecule has 0 atom stereocenters. The SMILES string of the molecule is CC(=O)c1ccc(-c2cc3c(c4c2CCN(C)C4)NC(=O)/C3=N/O)s1. The monoisotopic (exact) mass is 355 g/mol. The highest BCUT2D eigenvalue weighted by atomic mass is 32.1. The van der Waals surface area contributed by atoms with Crippen molar-refractivity contribution in [2.75, 3.05) is 18.9 Å². The van der Waals surface area contributed by atoms with Crippen LogP contribution >= 0.6 is 11.3 Å². The molecule has 128 valence electrons. The molecule has 3 heterocycles. The fraction of sp³-hybridized carbons (Fsp3) is 0.278. The topological polar surface area (TPSA) is 82.0 Å². The second-order valence-corrected chi connectivity index (χ2v) is 7.50. The molecule has 6 nitrogen and oxygen atoms in total. The Morgan fingerprint density at radius 2 is 2.12 bits per heavy atom. The van der Waals surface area contributed by atoms with Crippen molar-refractivity contribution in [2.45, 2.75) is 19.9 Å². The highest BCUT2D eigenvalue weighted by Gasteiger charge is 2.33. The summed E-state index contributed by atoms with van der Waals surface area (Å²) in [5.41, 5.74) is 4.66. The minimum atomic E-state index is -0.388. The first-order valence-corrected chi connectivity index (χ1v) is 8.83. The molecule has 25 heavy (non-hydrogen) atoms. The number of carbonyl (C=O) groups excluding carboxylic acids is 2. The third-order valence-corrected chi connectivity index (χ3v) is 5.97. The van der Waals surface area contributed by atoms with Crippen LogP contribution in [0.1, 0.15) is 33.3 Å². The molecule has 0 saturated carbocycles. The molecule has 7 heteroatoms. The maximum absolute atomic E-state index is 12.1. The molecule has 0 fully saturated rings. The lowest BCUT2D eigenvalue weighted by atomic mass is 9.89. The minimum Gasteiger partial charge on any atom is -0.410 e. The molecule has 0 aliphatic carbocycles. The van der Waals surface area contributed by atoms with Crippen LogP contribution in [-0.4, -0.2) is 41.1 Å². The van der Waals surface area contributed by atoms with Gasteiger partial charge in [0.2, 0.25) is 0 Å². The van der Waals surface area contributed by atoms with E-state index >= 15 is 0 Å². The van der Waals surface area contributed by atoms with Gasteiger partial charge in [-0.05, 0) is 55.3 Å². The van der Waals surface area contributed by atoms with E-state index in [9.17, 15) is 14.8 Å². The summed E-state index contributed by atoms with van der Waals surface area (Å²) in [6, 6.07) is 5.69. The number of oxime groups is 1. The Hall–Kier alpha value is -2.51. The standard InChI is InChI=1S/C18H17N3O3S/c1-9(22)14-3-4-15(25-14)11-7-12-16(19-18(23)17(12)20-24)13-8-21(2)6-5-10(11)13/h3-4,7,24H,5-6,8H2,1-2H3,(H,19,20,23). The molecule has 2 aliphatic heterocycles. The summed E-state index contributed by atoms with van der Waals surface area (Å²) >= 11 is 1.45. The summed E-state index contributed by atoms with van der Waals surface area (Å²) in [6.45, 7) is 3.20. The van der Waals surface area contributed by atoms with E-state index in [4.69, 9.17) is 0 Å². The average Bonchev–Trinajstić information content (AvgIpc) is 3.18. The van der Waals surface area contributed by atoms with Crippen molar-refractivity contribution in [1.82, 2.24) is 4.90 Å². The molecule has 0 unspecified atom stereocenters. The van der Waals surface area contributed by atoms with Gasteiger partial charge < -0.3 is 15.4 Å². The van der Waals surface area contributed by atoms with Crippen molar-refractivity contribution >= 4 is 34.4 Å². The van der Waals surface area contributed by atoms with Gasteiger partial charge in [-0.3, -0.25) is 9.59 Å². The summed E-state index contributed by atoms with van der Waals surface area (Å²) < 4.78 is 0. The number of nitrogens with zero attached hydrogens (tertiary/aromatic N) is 2. The Morgan fingerprint density at radius 1 is 1.32 bits per heavy atom. The Morgan fingerprint density at radius 3 is 2.80 bits per heavy atom. The van der Waals surface area contributed by atoms with Crippen LogP contribution in [0.3, 0.4) is 0 Å². The smallest absolute Gasteiger partial charge is 0.278 e. The molecule has 2 aromatic rings. The van der Waals surface area contributed by atoms with E-state index in [1.165, 1.54) is 16.9 Å². The maximum Gasteiger partial charge on any atom is 0.278 e. The Kier molecular flexibility index (Phi) is 3.70. The van der Waals surface area contributed by atoms with Crippen molar-refractivity contribution in [3.8, 4) is 10.4 Å². The van der Waals surface area contributed by atoms with Gasteiger partial charge >= 0.3 is 0 Å². The number of nitrogens with one attached hydrogen (secondary N) is 1. The molecular weight excluding hydrogens is 338 g/mol. The number of benzene rings is 1. The molecule has 0 bridgehead atoms.